The molecule has 38 heavy (non-hydrogen) atoms. The number of nitrogens with two attached hydrogens (primary N) is 1. The number of benzene rings is 2. The Morgan fingerprint density at radius 1 is 1.16 bits per heavy atom. The first-order valence-corrected chi connectivity index (χ1v) is 12.7. The minimum absolute atomic E-state index is 0.258. The second-order valence-electron chi connectivity index (χ2n) is 9.74. The molecular weight excluding hydrogens is 482 g/mol. The maximum atomic E-state index is 13.0. The number of nitrogens with zero attached hydrogens (tertiary/aromatic N) is 4. The van der Waals surface area contributed by atoms with Crippen LogP contribution >= 0.6 is 0 Å². The summed E-state index contributed by atoms with van der Waals surface area (Å²) in [6.07, 6.45) is 0.717. The van der Waals surface area contributed by atoms with Gasteiger partial charge in [0.1, 0.15) is 11.4 Å². The molecule has 0 bridgehead atoms. The first-order valence-electron chi connectivity index (χ1n) is 12.7. The van der Waals surface area contributed by atoms with Gasteiger partial charge in [0.05, 0.1) is 38.2 Å². The van der Waals surface area contributed by atoms with Gasteiger partial charge in [-0.2, -0.15) is 10.2 Å². The Balaban J connectivity index is 1.83. The van der Waals surface area contributed by atoms with Crippen LogP contribution in [0.2, 0.25) is 0 Å². The van der Waals surface area contributed by atoms with Gasteiger partial charge in [-0.3, -0.25) is 0 Å². The van der Waals surface area contributed by atoms with Gasteiger partial charge in [-0.15, -0.1) is 5.11 Å². The van der Waals surface area contributed by atoms with Gasteiger partial charge in [-0.25, -0.2) is 4.79 Å². The predicted molar refractivity (Wildman–Crippen MR) is 147 cm³/mol. The van der Waals surface area contributed by atoms with Crippen LogP contribution in [0, 0.1) is 0 Å². The average molecular weight is 518 g/mol. The number of rotatable bonds is 9. The van der Waals surface area contributed by atoms with Crippen molar-refractivity contribution in [1.82, 2.24) is 4.57 Å². The number of hydrogen-bond donors (Lipinski definition) is 1. The van der Waals surface area contributed by atoms with Crippen LogP contribution in [-0.4, -0.2) is 43.7 Å². The van der Waals surface area contributed by atoms with E-state index in [9.17, 15) is 4.79 Å². The van der Waals surface area contributed by atoms with E-state index in [2.05, 4.69) is 29.2 Å². The van der Waals surface area contributed by atoms with E-state index in [0.29, 0.717) is 43.4 Å². The molecule has 0 saturated heterocycles. The number of carbonyl (C=O) groups excluding carboxylic acids is 1. The third-order valence-corrected chi connectivity index (χ3v) is 6.73. The van der Waals surface area contributed by atoms with Crippen molar-refractivity contribution < 1.29 is 19.0 Å². The number of carbonyl (C=O) groups is 1. The molecule has 0 radical (unpaired) electrons. The van der Waals surface area contributed by atoms with Crippen molar-refractivity contribution in [2.24, 2.45) is 21.2 Å². The van der Waals surface area contributed by atoms with Crippen molar-refractivity contribution in [2.45, 2.75) is 45.8 Å². The maximum absolute atomic E-state index is 13.0. The zero-order chi connectivity index (χ0) is 27.3. The summed E-state index contributed by atoms with van der Waals surface area (Å²) < 4.78 is 19.3. The highest BCUT2D eigenvalue weighted by Crippen LogP contribution is 2.43. The van der Waals surface area contributed by atoms with Gasteiger partial charge in [-0.1, -0.05) is 44.2 Å². The van der Waals surface area contributed by atoms with E-state index < -0.39 is 5.41 Å². The second kappa shape index (κ2) is 11.6. The molecule has 1 aliphatic heterocycles. The van der Waals surface area contributed by atoms with Gasteiger partial charge in [-0.05, 0) is 48.2 Å². The summed E-state index contributed by atoms with van der Waals surface area (Å²) in [7, 11) is 3.16. The van der Waals surface area contributed by atoms with Crippen LogP contribution in [0.1, 0.15) is 53.5 Å². The minimum atomic E-state index is -0.417. The normalized spacial score (nSPS) is 13.3. The molecule has 0 unspecified atom stereocenters. The number of methoxy groups -OCH3 is 1. The molecule has 9 heteroatoms. The fraction of sp³-hybridized carbons (Fsp3) is 0.379. The van der Waals surface area contributed by atoms with E-state index in [1.54, 1.807) is 14.2 Å². The first-order chi connectivity index (χ1) is 18.3. The van der Waals surface area contributed by atoms with Crippen LogP contribution in [0.5, 0.6) is 5.75 Å². The van der Waals surface area contributed by atoms with Crippen molar-refractivity contribution in [3.05, 3.63) is 76.5 Å². The Labute approximate surface area is 223 Å². The third-order valence-electron chi connectivity index (χ3n) is 6.73. The van der Waals surface area contributed by atoms with Crippen LogP contribution in [0.4, 0.5) is 0 Å². The van der Waals surface area contributed by atoms with Crippen molar-refractivity contribution in [2.75, 3.05) is 27.4 Å². The quantitative estimate of drug-likeness (QED) is 0.106. The lowest BCUT2D eigenvalue weighted by Gasteiger charge is -2.29. The summed E-state index contributed by atoms with van der Waals surface area (Å²) in [6, 6.07) is 16.0. The Morgan fingerprint density at radius 3 is 2.58 bits per heavy atom. The molecule has 1 aromatic heterocycles. The Morgan fingerprint density at radius 2 is 1.92 bits per heavy atom. The number of aromatic nitrogens is 1. The molecule has 1 aliphatic rings. The van der Waals surface area contributed by atoms with E-state index in [1.165, 1.54) is 0 Å². The Hall–Kier alpha value is -3.98. The minimum Gasteiger partial charge on any atom is -0.496 e. The van der Waals surface area contributed by atoms with Gasteiger partial charge in [0.15, 0.2) is 0 Å². The smallest absolute Gasteiger partial charge is 0.354 e. The van der Waals surface area contributed by atoms with Crippen molar-refractivity contribution in [1.29, 1.82) is 0 Å². The Kier molecular flexibility index (Phi) is 8.26. The molecule has 9 nitrogen and oxygen atoms in total. The molecule has 2 aromatic carbocycles. The average Bonchev–Trinajstić information content (AvgIpc) is 3.33. The lowest BCUT2D eigenvalue weighted by molar-refractivity contribution is 0.0513. The number of hydrazone groups is 1. The highest BCUT2D eigenvalue weighted by Gasteiger charge is 2.34. The van der Waals surface area contributed by atoms with E-state index in [4.69, 9.17) is 20.1 Å². The third kappa shape index (κ3) is 5.33. The highest BCUT2D eigenvalue weighted by atomic mass is 16.5. The topological polar surface area (TPSA) is 113 Å². The number of esters is 1. The SMILES string of the molecule is CCOC(=O)c1cc(C(C)(C)COCc2ccccc2)c2n1CCc1cc(OC)c(/C(N=NC)=N/N)cc1-2. The zero-order valence-corrected chi connectivity index (χ0v) is 22.7. The van der Waals surface area contributed by atoms with Crippen LogP contribution in [0.15, 0.2) is 63.9 Å². The van der Waals surface area contributed by atoms with Gasteiger partial charge in [0.25, 0.3) is 0 Å². The fourth-order valence-electron chi connectivity index (χ4n) is 4.91. The zero-order valence-electron chi connectivity index (χ0n) is 22.7. The summed E-state index contributed by atoms with van der Waals surface area (Å²) in [4.78, 5) is 13.0. The molecule has 0 spiro atoms. The molecule has 0 fully saturated rings. The second-order valence-corrected chi connectivity index (χ2v) is 9.74. The number of azo groups is 1. The van der Waals surface area contributed by atoms with E-state index in [0.717, 1.165) is 34.4 Å². The molecule has 200 valence electrons. The molecule has 0 saturated carbocycles. The number of hydrogen-bond acceptors (Lipinski definition) is 7. The van der Waals surface area contributed by atoms with Gasteiger partial charge >= 0.3 is 5.97 Å². The van der Waals surface area contributed by atoms with E-state index in [1.807, 2.05) is 60.0 Å². The van der Waals surface area contributed by atoms with E-state index in [-0.39, 0.29) is 11.8 Å². The van der Waals surface area contributed by atoms with Gasteiger partial charge < -0.3 is 24.6 Å². The maximum Gasteiger partial charge on any atom is 0.354 e. The fourth-order valence-corrected chi connectivity index (χ4v) is 4.91. The van der Waals surface area contributed by atoms with E-state index >= 15 is 0 Å². The van der Waals surface area contributed by atoms with Crippen LogP contribution in [0.3, 0.4) is 0 Å². The summed E-state index contributed by atoms with van der Waals surface area (Å²) in [5.74, 6) is 6.18. The highest BCUT2D eigenvalue weighted by molar-refractivity contribution is 6.03. The monoisotopic (exact) mass is 517 g/mol. The number of fused-ring (bicyclic) bond motifs is 3. The Bertz CT molecular complexity index is 1360. The van der Waals surface area contributed by atoms with Crippen LogP contribution in [0.25, 0.3) is 11.3 Å². The number of amidine groups is 1. The largest absolute Gasteiger partial charge is 0.496 e. The van der Waals surface area contributed by atoms with Crippen LogP contribution < -0.4 is 10.6 Å². The van der Waals surface area contributed by atoms with Crippen molar-refractivity contribution in [3.63, 3.8) is 0 Å². The molecule has 3 aromatic rings. The summed E-state index contributed by atoms with van der Waals surface area (Å²) in [5.41, 5.74) is 5.83. The first kappa shape index (κ1) is 27.1. The summed E-state index contributed by atoms with van der Waals surface area (Å²) >= 11 is 0. The lowest BCUT2D eigenvalue weighted by Crippen LogP contribution is -2.26. The molecule has 0 amide bonds. The molecule has 2 heterocycles. The molecule has 0 atom stereocenters. The van der Waals surface area contributed by atoms with Crippen LogP contribution in [-0.2, 0) is 34.5 Å². The van der Waals surface area contributed by atoms with Crippen molar-refractivity contribution in [3.8, 4) is 17.0 Å². The van der Waals surface area contributed by atoms with Gasteiger partial charge in [0, 0.05) is 24.6 Å². The number of aryl methyl sites for hydroxylation is 1. The predicted octanol–water partition coefficient (Wildman–Crippen LogP) is 5.09. The summed E-state index contributed by atoms with van der Waals surface area (Å²) in [6.45, 7) is 7.95. The standard InChI is InChI=1S/C29H35N5O4/c1-6-38-28(35)24-16-23(29(2,3)18-37-17-19-10-8-7-9-11-19)26-21-15-22(27(32-30)33-31-4)25(36-5)14-20(21)12-13-34(24)26/h7-11,14-16H,6,12-13,17-18,30H2,1-5H3/b32-27-,33-31?. The lowest BCUT2D eigenvalue weighted by atomic mass is 9.82. The molecular formula is C29H35N5O4. The molecule has 0 aliphatic carbocycles. The molecule has 2 N–H and O–H groups in total. The van der Waals surface area contributed by atoms with Gasteiger partial charge in [0.2, 0.25) is 5.84 Å². The van der Waals surface area contributed by atoms with Crippen molar-refractivity contribution >= 4 is 11.8 Å². The summed E-state index contributed by atoms with van der Waals surface area (Å²) in [5, 5.41) is 11.8. The molecule has 4 rings (SSSR count). The number of ether oxygens (including phenoxy) is 3.